The SMILES string of the molecule is CC(C)n1nc(C(=O)N/N=C2/CCCC[C@H]2C)c2ccccc2c1=O. The Bertz CT molecular complexity index is 883. The van der Waals surface area contributed by atoms with Crippen LogP contribution in [0.3, 0.4) is 0 Å². The first-order valence-electron chi connectivity index (χ1n) is 8.87. The van der Waals surface area contributed by atoms with E-state index >= 15 is 0 Å². The minimum Gasteiger partial charge on any atom is -0.267 e. The predicted molar refractivity (Wildman–Crippen MR) is 98.9 cm³/mol. The Balaban J connectivity index is 2.00. The lowest BCUT2D eigenvalue weighted by atomic mass is 9.89. The van der Waals surface area contributed by atoms with Gasteiger partial charge in [0.15, 0.2) is 5.69 Å². The Morgan fingerprint density at radius 2 is 2.00 bits per heavy atom. The maximum Gasteiger partial charge on any atom is 0.292 e. The molecule has 2 aromatic rings. The van der Waals surface area contributed by atoms with Crippen molar-refractivity contribution in [3.63, 3.8) is 0 Å². The van der Waals surface area contributed by atoms with Gasteiger partial charge >= 0.3 is 0 Å². The van der Waals surface area contributed by atoms with Crippen molar-refractivity contribution in [2.24, 2.45) is 11.0 Å². The molecule has 3 rings (SSSR count). The zero-order chi connectivity index (χ0) is 18.0. The van der Waals surface area contributed by atoms with Crippen LogP contribution in [0.25, 0.3) is 10.8 Å². The van der Waals surface area contributed by atoms with E-state index in [0.29, 0.717) is 16.7 Å². The minimum absolute atomic E-state index is 0.131. The highest BCUT2D eigenvalue weighted by Gasteiger charge is 2.19. The van der Waals surface area contributed by atoms with Crippen LogP contribution in [0.2, 0.25) is 0 Å². The van der Waals surface area contributed by atoms with Crippen molar-refractivity contribution in [1.82, 2.24) is 15.2 Å². The number of hydrazone groups is 1. The summed E-state index contributed by atoms with van der Waals surface area (Å²) in [4.78, 5) is 25.2. The number of benzene rings is 1. The number of carbonyl (C=O) groups excluding carboxylic acids is 1. The minimum atomic E-state index is -0.379. The quantitative estimate of drug-likeness (QED) is 0.871. The molecule has 25 heavy (non-hydrogen) atoms. The highest BCUT2D eigenvalue weighted by molar-refractivity contribution is 6.05. The van der Waals surface area contributed by atoms with Crippen molar-refractivity contribution in [2.75, 3.05) is 0 Å². The molecule has 0 radical (unpaired) electrons. The van der Waals surface area contributed by atoms with E-state index in [2.05, 4.69) is 22.5 Å². The largest absolute Gasteiger partial charge is 0.292 e. The van der Waals surface area contributed by atoms with Crippen molar-refractivity contribution >= 4 is 22.4 Å². The molecule has 1 aromatic carbocycles. The van der Waals surface area contributed by atoms with Crippen LogP contribution >= 0.6 is 0 Å². The Labute approximate surface area is 146 Å². The number of fused-ring (bicyclic) bond motifs is 1. The van der Waals surface area contributed by atoms with Gasteiger partial charge in [-0.2, -0.15) is 10.2 Å². The Hall–Kier alpha value is -2.50. The van der Waals surface area contributed by atoms with Crippen molar-refractivity contribution in [3.05, 3.63) is 40.3 Å². The van der Waals surface area contributed by atoms with Crippen LogP contribution in [0.4, 0.5) is 0 Å². The Morgan fingerprint density at radius 1 is 1.28 bits per heavy atom. The van der Waals surface area contributed by atoms with E-state index in [-0.39, 0.29) is 23.2 Å². The maximum absolute atomic E-state index is 12.7. The van der Waals surface area contributed by atoms with Crippen LogP contribution in [0.5, 0.6) is 0 Å². The van der Waals surface area contributed by atoms with E-state index in [4.69, 9.17) is 0 Å². The van der Waals surface area contributed by atoms with Gasteiger partial charge in [0.2, 0.25) is 0 Å². The predicted octanol–water partition coefficient (Wildman–Crippen LogP) is 3.27. The smallest absolute Gasteiger partial charge is 0.267 e. The highest BCUT2D eigenvalue weighted by Crippen LogP contribution is 2.21. The fraction of sp³-hybridized carbons (Fsp3) is 0.474. The molecule has 0 aliphatic heterocycles. The van der Waals surface area contributed by atoms with Gasteiger partial charge in [0.1, 0.15) is 0 Å². The number of hydrogen-bond donors (Lipinski definition) is 1. The van der Waals surface area contributed by atoms with Gasteiger partial charge in [-0.3, -0.25) is 9.59 Å². The first-order valence-corrected chi connectivity index (χ1v) is 8.87. The number of hydrogen-bond acceptors (Lipinski definition) is 4. The second kappa shape index (κ2) is 7.17. The molecule has 0 bridgehead atoms. The molecule has 1 aliphatic carbocycles. The third-order valence-corrected chi connectivity index (χ3v) is 4.72. The molecular weight excluding hydrogens is 316 g/mol. The molecule has 1 atom stereocenters. The van der Waals surface area contributed by atoms with Crippen molar-refractivity contribution in [3.8, 4) is 0 Å². The summed E-state index contributed by atoms with van der Waals surface area (Å²) in [6.45, 7) is 5.88. The van der Waals surface area contributed by atoms with Crippen molar-refractivity contribution < 1.29 is 4.79 Å². The number of carbonyl (C=O) groups is 1. The Morgan fingerprint density at radius 3 is 2.68 bits per heavy atom. The summed E-state index contributed by atoms with van der Waals surface area (Å²) in [7, 11) is 0. The number of amides is 1. The van der Waals surface area contributed by atoms with Gasteiger partial charge in [-0.05, 0) is 45.1 Å². The molecule has 1 aromatic heterocycles. The second-order valence-electron chi connectivity index (χ2n) is 6.93. The summed E-state index contributed by atoms with van der Waals surface area (Å²) in [6.07, 6.45) is 4.34. The summed E-state index contributed by atoms with van der Waals surface area (Å²) in [5.74, 6) is 0.0132. The van der Waals surface area contributed by atoms with Gasteiger partial charge in [-0.1, -0.05) is 31.5 Å². The molecule has 0 spiro atoms. The van der Waals surface area contributed by atoms with Crippen LogP contribution in [-0.2, 0) is 0 Å². The standard InChI is InChI=1S/C19H24N4O2/c1-12(2)23-19(25)15-10-6-5-9-14(15)17(22-23)18(24)21-20-16-11-7-4-8-13(16)3/h5-6,9-10,12-13H,4,7-8,11H2,1-3H3,(H,21,24)/b20-16-/t13-/m1/s1. The summed E-state index contributed by atoms with van der Waals surface area (Å²) >= 11 is 0. The fourth-order valence-corrected chi connectivity index (χ4v) is 3.24. The molecule has 0 unspecified atom stereocenters. The number of nitrogens with zero attached hydrogens (tertiary/aromatic N) is 3. The third-order valence-electron chi connectivity index (χ3n) is 4.72. The first-order chi connectivity index (χ1) is 12.0. The van der Waals surface area contributed by atoms with E-state index in [1.165, 1.54) is 11.1 Å². The van der Waals surface area contributed by atoms with Crippen LogP contribution in [0, 0.1) is 5.92 Å². The molecule has 1 saturated carbocycles. The van der Waals surface area contributed by atoms with E-state index < -0.39 is 0 Å². The van der Waals surface area contributed by atoms with Crippen LogP contribution in [-0.4, -0.2) is 21.4 Å². The fourth-order valence-electron chi connectivity index (χ4n) is 3.24. The molecule has 6 heteroatoms. The van der Waals surface area contributed by atoms with E-state index in [1.54, 1.807) is 24.3 Å². The highest BCUT2D eigenvalue weighted by atomic mass is 16.2. The zero-order valence-corrected chi connectivity index (χ0v) is 15.0. The molecule has 0 saturated heterocycles. The van der Waals surface area contributed by atoms with E-state index in [1.807, 2.05) is 13.8 Å². The maximum atomic E-state index is 12.7. The van der Waals surface area contributed by atoms with Crippen LogP contribution in [0.1, 0.15) is 63.0 Å². The lowest BCUT2D eigenvalue weighted by Gasteiger charge is -2.20. The molecule has 1 aliphatic rings. The van der Waals surface area contributed by atoms with Gasteiger partial charge in [-0.15, -0.1) is 0 Å². The summed E-state index contributed by atoms with van der Waals surface area (Å²) in [6, 6.07) is 6.94. The number of aromatic nitrogens is 2. The lowest BCUT2D eigenvalue weighted by Crippen LogP contribution is -2.31. The molecular formula is C19H24N4O2. The average Bonchev–Trinajstić information content (AvgIpc) is 2.61. The van der Waals surface area contributed by atoms with Crippen LogP contribution in [0.15, 0.2) is 34.2 Å². The molecule has 6 nitrogen and oxygen atoms in total. The summed E-state index contributed by atoms with van der Waals surface area (Å²) < 4.78 is 1.35. The third kappa shape index (κ3) is 3.48. The van der Waals surface area contributed by atoms with Crippen LogP contribution < -0.4 is 11.0 Å². The average molecular weight is 340 g/mol. The molecule has 1 N–H and O–H groups in total. The zero-order valence-electron chi connectivity index (χ0n) is 15.0. The molecule has 1 fully saturated rings. The van der Waals surface area contributed by atoms with E-state index in [9.17, 15) is 9.59 Å². The Kier molecular flexibility index (Phi) is 4.97. The van der Waals surface area contributed by atoms with Gasteiger partial charge < -0.3 is 0 Å². The summed E-state index contributed by atoms with van der Waals surface area (Å²) in [5.41, 5.74) is 3.72. The van der Waals surface area contributed by atoms with Gasteiger partial charge in [0, 0.05) is 11.1 Å². The molecule has 1 heterocycles. The van der Waals surface area contributed by atoms with Crippen molar-refractivity contribution in [2.45, 2.75) is 52.5 Å². The monoisotopic (exact) mass is 340 g/mol. The van der Waals surface area contributed by atoms with Gasteiger partial charge in [0.25, 0.3) is 11.5 Å². The van der Waals surface area contributed by atoms with Gasteiger partial charge in [0.05, 0.1) is 11.4 Å². The number of rotatable bonds is 3. The number of nitrogens with one attached hydrogen (secondary N) is 1. The topological polar surface area (TPSA) is 76.3 Å². The summed E-state index contributed by atoms with van der Waals surface area (Å²) in [5, 5.41) is 9.69. The van der Waals surface area contributed by atoms with Crippen molar-refractivity contribution in [1.29, 1.82) is 0 Å². The normalized spacial score (nSPS) is 19.5. The molecule has 132 valence electrons. The first kappa shape index (κ1) is 17.3. The van der Waals surface area contributed by atoms with E-state index in [0.717, 1.165) is 25.0 Å². The molecule has 1 amide bonds. The second-order valence-corrected chi connectivity index (χ2v) is 6.93. The van der Waals surface area contributed by atoms with Gasteiger partial charge in [-0.25, -0.2) is 10.1 Å². The lowest BCUT2D eigenvalue weighted by molar-refractivity contribution is 0.0948.